The lowest BCUT2D eigenvalue weighted by molar-refractivity contribution is 0.415. The molecule has 0 atom stereocenters. The van der Waals surface area contributed by atoms with E-state index in [9.17, 15) is 0 Å². The summed E-state index contributed by atoms with van der Waals surface area (Å²) in [6.07, 6.45) is 1.90. The number of imidazole rings is 1. The number of nitrogens with zero attached hydrogens (tertiary/aromatic N) is 3. The number of pyridine rings is 1. The summed E-state index contributed by atoms with van der Waals surface area (Å²) < 4.78 is 7.74. The zero-order valence-electron chi connectivity index (χ0n) is 18.8. The minimum atomic E-state index is 0.688. The zero-order valence-corrected chi connectivity index (χ0v) is 18.8. The lowest BCUT2D eigenvalue weighted by Crippen LogP contribution is -2.03. The lowest BCUT2D eigenvalue weighted by Gasteiger charge is -2.12. The molecule has 6 aromatic rings. The van der Waals surface area contributed by atoms with E-state index < -0.39 is 0 Å². The maximum atomic E-state index is 5.48. The Morgan fingerprint density at radius 2 is 1.50 bits per heavy atom. The number of rotatable bonds is 5. The van der Waals surface area contributed by atoms with Crippen LogP contribution < -0.4 is 4.74 Å². The van der Waals surface area contributed by atoms with E-state index >= 15 is 0 Å². The molecule has 0 spiro atoms. The first-order valence-electron chi connectivity index (χ1n) is 11.3. The summed E-state index contributed by atoms with van der Waals surface area (Å²) in [5.41, 5.74) is 6.17. The summed E-state index contributed by atoms with van der Waals surface area (Å²) in [5, 5.41) is 2.47. The predicted molar refractivity (Wildman–Crippen MR) is 138 cm³/mol. The molecule has 0 bridgehead atoms. The smallest absolute Gasteiger partial charge is 0.178 e. The van der Waals surface area contributed by atoms with Crippen LogP contribution >= 0.6 is 0 Å². The second-order valence-electron chi connectivity index (χ2n) is 8.37. The molecular formula is C30H23N3O. The van der Waals surface area contributed by atoms with Crippen LogP contribution in [0.1, 0.15) is 5.56 Å². The molecule has 0 unspecified atom stereocenters. The Morgan fingerprint density at radius 3 is 2.35 bits per heavy atom. The molecule has 4 aromatic carbocycles. The fourth-order valence-electron chi connectivity index (χ4n) is 4.46. The normalized spacial score (nSPS) is 11.2. The third-order valence-electron chi connectivity index (χ3n) is 6.20. The van der Waals surface area contributed by atoms with Crippen molar-refractivity contribution in [3.05, 3.63) is 115 Å². The van der Waals surface area contributed by atoms with Crippen LogP contribution in [0.2, 0.25) is 0 Å². The molecule has 0 saturated heterocycles. The highest BCUT2D eigenvalue weighted by Crippen LogP contribution is 2.30. The molecule has 0 fully saturated rings. The number of ether oxygens (including phenoxy) is 1. The van der Waals surface area contributed by atoms with Gasteiger partial charge in [-0.3, -0.25) is 0 Å². The summed E-state index contributed by atoms with van der Waals surface area (Å²) in [4.78, 5) is 9.68. The molecule has 0 radical (unpaired) electrons. The topological polar surface area (TPSA) is 39.9 Å². The molecule has 0 saturated carbocycles. The fraction of sp³-hybridized carbons (Fsp3) is 0.0667. The molecule has 0 N–H and O–H groups in total. The van der Waals surface area contributed by atoms with Gasteiger partial charge in [0.25, 0.3) is 0 Å². The first-order valence-corrected chi connectivity index (χ1v) is 11.3. The Morgan fingerprint density at radius 1 is 0.706 bits per heavy atom. The Labute approximate surface area is 198 Å². The van der Waals surface area contributed by atoms with Gasteiger partial charge in [-0.1, -0.05) is 78.9 Å². The van der Waals surface area contributed by atoms with Gasteiger partial charge in [0.15, 0.2) is 5.65 Å². The van der Waals surface area contributed by atoms with E-state index in [0.29, 0.717) is 6.54 Å². The first-order chi connectivity index (χ1) is 16.8. The molecule has 6 rings (SSSR count). The summed E-state index contributed by atoms with van der Waals surface area (Å²) in [7, 11) is 1.69. The Balaban J connectivity index is 1.54. The SMILES string of the molecule is COc1cccc(-c2nc3ncc(-c4ccccc4)cc3n2Cc2ccc3ccccc3c2)c1. The molecule has 0 aliphatic heterocycles. The van der Waals surface area contributed by atoms with Crippen molar-refractivity contribution in [1.29, 1.82) is 0 Å². The van der Waals surface area contributed by atoms with E-state index in [0.717, 1.165) is 39.4 Å². The van der Waals surface area contributed by atoms with Gasteiger partial charge < -0.3 is 9.30 Å². The summed E-state index contributed by atoms with van der Waals surface area (Å²) in [6, 6.07) is 35.7. The molecule has 2 heterocycles. The van der Waals surface area contributed by atoms with E-state index in [-0.39, 0.29) is 0 Å². The van der Waals surface area contributed by atoms with Gasteiger partial charge in [0.2, 0.25) is 0 Å². The van der Waals surface area contributed by atoms with Crippen LogP contribution in [-0.4, -0.2) is 21.6 Å². The molecule has 0 aliphatic rings. The number of aromatic nitrogens is 3. The quantitative estimate of drug-likeness (QED) is 0.290. The van der Waals surface area contributed by atoms with Crippen LogP contribution in [0.4, 0.5) is 0 Å². The van der Waals surface area contributed by atoms with Crippen molar-refractivity contribution in [3.8, 4) is 28.3 Å². The highest BCUT2D eigenvalue weighted by Gasteiger charge is 2.16. The molecule has 0 aliphatic carbocycles. The number of methoxy groups -OCH3 is 1. The minimum absolute atomic E-state index is 0.688. The van der Waals surface area contributed by atoms with Gasteiger partial charge in [-0.2, -0.15) is 0 Å². The van der Waals surface area contributed by atoms with Gasteiger partial charge in [0, 0.05) is 23.9 Å². The van der Waals surface area contributed by atoms with E-state index in [4.69, 9.17) is 14.7 Å². The van der Waals surface area contributed by atoms with Gasteiger partial charge in [0.1, 0.15) is 11.6 Å². The second kappa shape index (κ2) is 8.49. The third kappa shape index (κ3) is 3.69. The van der Waals surface area contributed by atoms with Gasteiger partial charge >= 0.3 is 0 Å². The second-order valence-corrected chi connectivity index (χ2v) is 8.37. The maximum absolute atomic E-state index is 5.48. The number of hydrogen-bond donors (Lipinski definition) is 0. The van der Waals surface area contributed by atoms with Crippen molar-refractivity contribution in [3.63, 3.8) is 0 Å². The minimum Gasteiger partial charge on any atom is -0.497 e. The fourth-order valence-corrected chi connectivity index (χ4v) is 4.46. The highest BCUT2D eigenvalue weighted by molar-refractivity contribution is 5.84. The van der Waals surface area contributed by atoms with Crippen LogP contribution in [-0.2, 0) is 6.54 Å². The Kier molecular flexibility index (Phi) is 5.04. The van der Waals surface area contributed by atoms with Crippen molar-refractivity contribution in [2.24, 2.45) is 0 Å². The molecular weight excluding hydrogens is 418 g/mol. The summed E-state index contributed by atoms with van der Waals surface area (Å²) in [6.45, 7) is 0.688. The van der Waals surface area contributed by atoms with Gasteiger partial charge in [-0.05, 0) is 46.2 Å². The molecule has 4 heteroatoms. The van der Waals surface area contributed by atoms with Crippen LogP contribution in [0, 0.1) is 0 Å². The third-order valence-corrected chi connectivity index (χ3v) is 6.20. The average Bonchev–Trinajstić information content (AvgIpc) is 3.26. The standard InChI is InChI=1S/C30H23N3O/c1-34-27-13-7-12-25(17-27)30-32-29-28(18-26(19-31-29)22-8-3-2-4-9-22)33(30)20-21-14-15-23-10-5-6-11-24(23)16-21/h2-19H,20H2,1H3. The van der Waals surface area contributed by atoms with Gasteiger partial charge in [-0.15, -0.1) is 0 Å². The van der Waals surface area contributed by atoms with Gasteiger partial charge in [0.05, 0.1) is 12.6 Å². The van der Waals surface area contributed by atoms with E-state index in [1.54, 1.807) is 7.11 Å². The van der Waals surface area contributed by atoms with Crippen molar-refractivity contribution in [2.45, 2.75) is 6.54 Å². The highest BCUT2D eigenvalue weighted by atomic mass is 16.5. The number of fused-ring (bicyclic) bond motifs is 2. The Bertz CT molecular complexity index is 1620. The van der Waals surface area contributed by atoms with Crippen molar-refractivity contribution in [1.82, 2.24) is 14.5 Å². The number of hydrogen-bond acceptors (Lipinski definition) is 3. The average molecular weight is 442 g/mol. The largest absolute Gasteiger partial charge is 0.497 e. The predicted octanol–water partition coefficient (Wildman–Crippen LogP) is 6.98. The van der Waals surface area contributed by atoms with Crippen LogP contribution in [0.25, 0.3) is 44.5 Å². The molecule has 0 amide bonds. The van der Waals surface area contributed by atoms with Crippen LogP contribution in [0.5, 0.6) is 5.75 Å². The zero-order chi connectivity index (χ0) is 22.9. The Hall–Kier alpha value is -4.44. The molecule has 2 aromatic heterocycles. The van der Waals surface area contributed by atoms with E-state index in [1.807, 2.05) is 42.6 Å². The van der Waals surface area contributed by atoms with Crippen molar-refractivity contribution >= 4 is 21.9 Å². The lowest BCUT2D eigenvalue weighted by atomic mass is 10.1. The van der Waals surface area contributed by atoms with Gasteiger partial charge in [-0.25, -0.2) is 9.97 Å². The summed E-state index contributed by atoms with van der Waals surface area (Å²) >= 11 is 0. The van der Waals surface area contributed by atoms with E-state index in [1.165, 1.54) is 16.3 Å². The first kappa shape index (κ1) is 20.2. The summed E-state index contributed by atoms with van der Waals surface area (Å²) in [5.74, 6) is 1.68. The van der Waals surface area contributed by atoms with Crippen molar-refractivity contribution < 1.29 is 4.74 Å². The maximum Gasteiger partial charge on any atom is 0.178 e. The monoisotopic (exact) mass is 441 g/mol. The molecule has 34 heavy (non-hydrogen) atoms. The molecule has 164 valence electrons. The van der Waals surface area contributed by atoms with Crippen LogP contribution in [0.15, 0.2) is 109 Å². The van der Waals surface area contributed by atoms with Crippen molar-refractivity contribution in [2.75, 3.05) is 7.11 Å². The van der Waals surface area contributed by atoms with Crippen LogP contribution in [0.3, 0.4) is 0 Å². The number of benzene rings is 4. The molecule has 4 nitrogen and oxygen atoms in total. The van der Waals surface area contributed by atoms with E-state index in [2.05, 4.69) is 71.3 Å².